The molecule has 0 amide bonds. The standard InChI is InChI=1S/C12H17BrN2O/c1-11(2)10(12(11,3)4)9(16)8-7(13)6-14-15(8)5/h6,10H,1-5H3. The summed E-state index contributed by atoms with van der Waals surface area (Å²) in [5.74, 6) is 0.286. The van der Waals surface area contributed by atoms with Gasteiger partial charge in [-0.25, -0.2) is 0 Å². The van der Waals surface area contributed by atoms with Crippen LogP contribution in [0.1, 0.15) is 38.2 Å². The number of ketones is 1. The minimum absolute atomic E-state index is 0.0772. The third-order valence-corrected chi connectivity index (χ3v) is 4.99. The lowest BCUT2D eigenvalue weighted by atomic mass is 10.0. The number of carbonyl (C=O) groups excluding carboxylic acids is 1. The van der Waals surface area contributed by atoms with Crippen LogP contribution in [0.15, 0.2) is 10.7 Å². The van der Waals surface area contributed by atoms with Gasteiger partial charge in [-0.05, 0) is 26.8 Å². The molecule has 0 unspecified atom stereocenters. The highest BCUT2D eigenvalue weighted by atomic mass is 79.9. The normalized spacial score (nSPS) is 22.1. The largest absolute Gasteiger partial charge is 0.292 e. The van der Waals surface area contributed by atoms with Crippen LogP contribution in [0.2, 0.25) is 0 Å². The van der Waals surface area contributed by atoms with Gasteiger partial charge < -0.3 is 0 Å². The Morgan fingerprint density at radius 2 is 1.88 bits per heavy atom. The Bertz CT molecular complexity index is 426. The van der Waals surface area contributed by atoms with E-state index >= 15 is 0 Å². The molecule has 1 aromatic rings. The summed E-state index contributed by atoms with van der Waals surface area (Å²) in [6.45, 7) is 8.61. The maximum atomic E-state index is 12.5. The third kappa shape index (κ3) is 1.32. The van der Waals surface area contributed by atoms with Gasteiger partial charge in [-0.2, -0.15) is 5.10 Å². The first kappa shape index (κ1) is 11.8. The van der Waals surface area contributed by atoms with Gasteiger partial charge in [-0.15, -0.1) is 0 Å². The maximum absolute atomic E-state index is 12.5. The summed E-state index contributed by atoms with van der Waals surface area (Å²) < 4.78 is 2.44. The quantitative estimate of drug-likeness (QED) is 0.783. The number of hydrogen-bond acceptors (Lipinski definition) is 2. The fourth-order valence-corrected chi connectivity index (χ4v) is 3.22. The van der Waals surface area contributed by atoms with E-state index in [0.29, 0.717) is 5.69 Å². The number of aryl methyl sites for hydroxylation is 1. The van der Waals surface area contributed by atoms with Gasteiger partial charge >= 0.3 is 0 Å². The van der Waals surface area contributed by atoms with Crippen LogP contribution in [0.4, 0.5) is 0 Å². The van der Waals surface area contributed by atoms with Gasteiger partial charge in [0.15, 0.2) is 5.78 Å². The van der Waals surface area contributed by atoms with Crippen molar-refractivity contribution in [2.24, 2.45) is 23.8 Å². The van der Waals surface area contributed by atoms with E-state index in [0.717, 1.165) is 4.47 Å². The first-order valence-electron chi connectivity index (χ1n) is 5.43. The molecule has 0 bridgehead atoms. The molecule has 0 aromatic carbocycles. The highest BCUT2D eigenvalue weighted by Gasteiger charge is 2.68. The number of rotatable bonds is 2. The van der Waals surface area contributed by atoms with Crippen molar-refractivity contribution in [3.05, 3.63) is 16.4 Å². The van der Waals surface area contributed by atoms with Crippen molar-refractivity contribution in [2.75, 3.05) is 0 Å². The zero-order chi connectivity index (χ0) is 12.3. The van der Waals surface area contributed by atoms with Gasteiger partial charge in [0.25, 0.3) is 0 Å². The van der Waals surface area contributed by atoms with Crippen LogP contribution in [-0.2, 0) is 7.05 Å². The molecule has 1 aliphatic rings. The van der Waals surface area contributed by atoms with Crippen LogP contribution >= 0.6 is 15.9 Å². The highest BCUT2D eigenvalue weighted by Crippen LogP contribution is 2.69. The summed E-state index contributed by atoms with van der Waals surface area (Å²) in [5.41, 5.74) is 0.838. The van der Waals surface area contributed by atoms with Crippen molar-refractivity contribution in [1.29, 1.82) is 0 Å². The molecule has 1 heterocycles. The smallest absolute Gasteiger partial charge is 0.186 e. The zero-order valence-corrected chi connectivity index (χ0v) is 11.9. The molecule has 4 heteroatoms. The van der Waals surface area contributed by atoms with Gasteiger partial charge in [0.2, 0.25) is 0 Å². The number of nitrogens with zero attached hydrogens (tertiary/aromatic N) is 2. The van der Waals surface area contributed by atoms with E-state index in [-0.39, 0.29) is 22.5 Å². The third-order valence-electron chi connectivity index (χ3n) is 4.41. The van der Waals surface area contributed by atoms with Crippen molar-refractivity contribution in [3.63, 3.8) is 0 Å². The second-order valence-electron chi connectivity index (χ2n) is 5.71. The molecule has 3 nitrogen and oxygen atoms in total. The summed E-state index contributed by atoms with van der Waals surface area (Å²) in [4.78, 5) is 12.5. The Morgan fingerprint density at radius 3 is 2.19 bits per heavy atom. The summed E-state index contributed by atoms with van der Waals surface area (Å²) in [6.07, 6.45) is 1.68. The van der Waals surface area contributed by atoms with E-state index in [1.165, 1.54) is 0 Å². The molecular weight excluding hydrogens is 268 g/mol. The van der Waals surface area contributed by atoms with Crippen molar-refractivity contribution < 1.29 is 4.79 Å². The predicted molar refractivity (Wildman–Crippen MR) is 66.3 cm³/mol. The Kier molecular flexibility index (Phi) is 2.36. The highest BCUT2D eigenvalue weighted by molar-refractivity contribution is 9.10. The predicted octanol–water partition coefficient (Wildman–Crippen LogP) is 3.05. The topological polar surface area (TPSA) is 34.9 Å². The first-order valence-corrected chi connectivity index (χ1v) is 6.22. The molecule has 88 valence electrons. The average Bonchev–Trinajstić information content (AvgIpc) is 2.39. The molecule has 0 N–H and O–H groups in total. The van der Waals surface area contributed by atoms with E-state index in [9.17, 15) is 4.79 Å². The lowest BCUT2D eigenvalue weighted by molar-refractivity contribution is 0.0935. The minimum atomic E-state index is 0.0772. The second-order valence-corrected chi connectivity index (χ2v) is 6.56. The van der Waals surface area contributed by atoms with Crippen LogP contribution in [0.3, 0.4) is 0 Å². The van der Waals surface area contributed by atoms with Crippen molar-refractivity contribution in [2.45, 2.75) is 27.7 Å². The van der Waals surface area contributed by atoms with Gasteiger partial charge in [0.1, 0.15) is 5.69 Å². The molecule has 1 saturated carbocycles. The number of hydrogen-bond donors (Lipinski definition) is 0. The number of aromatic nitrogens is 2. The summed E-state index contributed by atoms with van der Waals surface area (Å²) in [6, 6.07) is 0. The summed E-state index contributed by atoms with van der Waals surface area (Å²) >= 11 is 3.38. The molecular formula is C12H17BrN2O. The summed E-state index contributed by atoms with van der Waals surface area (Å²) in [5, 5.41) is 4.09. The van der Waals surface area contributed by atoms with Crippen molar-refractivity contribution >= 4 is 21.7 Å². The van der Waals surface area contributed by atoms with Crippen LogP contribution in [-0.4, -0.2) is 15.6 Å². The second kappa shape index (κ2) is 3.19. The molecule has 0 atom stereocenters. The molecule has 0 spiro atoms. The molecule has 0 aliphatic heterocycles. The minimum Gasteiger partial charge on any atom is -0.292 e. The first-order chi connectivity index (χ1) is 7.21. The fraction of sp³-hybridized carbons (Fsp3) is 0.667. The molecule has 0 saturated heterocycles. The SMILES string of the molecule is Cn1ncc(Br)c1C(=O)C1C(C)(C)C1(C)C. The van der Waals surface area contributed by atoms with E-state index in [1.807, 2.05) is 0 Å². The summed E-state index contributed by atoms with van der Waals surface area (Å²) in [7, 11) is 1.81. The van der Waals surface area contributed by atoms with Gasteiger partial charge in [-0.3, -0.25) is 9.48 Å². The van der Waals surface area contributed by atoms with Gasteiger partial charge in [-0.1, -0.05) is 27.7 Å². The van der Waals surface area contributed by atoms with Crippen LogP contribution in [0.5, 0.6) is 0 Å². The molecule has 1 aliphatic carbocycles. The van der Waals surface area contributed by atoms with Gasteiger partial charge in [0.05, 0.1) is 10.7 Å². The Hall–Kier alpha value is -0.640. The zero-order valence-electron chi connectivity index (χ0n) is 10.3. The molecule has 0 radical (unpaired) electrons. The molecule has 2 rings (SSSR count). The lowest BCUT2D eigenvalue weighted by Crippen LogP contribution is -2.13. The fourth-order valence-electron chi connectivity index (χ4n) is 2.68. The van der Waals surface area contributed by atoms with Crippen LogP contribution in [0.25, 0.3) is 0 Å². The molecule has 1 fully saturated rings. The maximum Gasteiger partial charge on any atom is 0.186 e. The van der Waals surface area contributed by atoms with Gasteiger partial charge in [0, 0.05) is 13.0 Å². The van der Waals surface area contributed by atoms with E-state index < -0.39 is 0 Å². The monoisotopic (exact) mass is 284 g/mol. The van der Waals surface area contributed by atoms with E-state index in [1.54, 1.807) is 17.9 Å². The van der Waals surface area contributed by atoms with Crippen molar-refractivity contribution in [1.82, 2.24) is 9.78 Å². The molecule has 1 aromatic heterocycles. The van der Waals surface area contributed by atoms with E-state index in [2.05, 4.69) is 48.7 Å². The van der Waals surface area contributed by atoms with Crippen molar-refractivity contribution in [3.8, 4) is 0 Å². The average molecular weight is 285 g/mol. The van der Waals surface area contributed by atoms with Crippen LogP contribution < -0.4 is 0 Å². The Morgan fingerprint density at radius 1 is 1.38 bits per heavy atom. The Labute approximate surface area is 104 Å². The Balaban J connectivity index is 2.37. The number of carbonyl (C=O) groups is 1. The molecule has 16 heavy (non-hydrogen) atoms. The number of Topliss-reactive ketones (excluding diaryl/α,β-unsaturated/α-hetero) is 1. The van der Waals surface area contributed by atoms with Crippen LogP contribution in [0, 0.1) is 16.7 Å². The van der Waals surface area contributed by atoms with E-state index in [4.69, 9.17) is 0 Å². The number of halogens is 1. The lowest BCUT2D eigenvalue weighted by Gasteiger charge is -2.03.